The fraction of sp³-hybridized carbons (Fsp3) is 0.429. The van der Waals surface area contributed by atoms with Gasteiger partial charge in [-0.1, -0.05) is 12.8 Å². The number of nitrogens with zero attached hydrogens (tertiary/aromatic N) is 1. The molecule has 0 radical (unpaired) electrons. The van der Waals surface area contributed by atoms with Gasteiger partial charge >= 0.3 is 0 Å². The Morgan fingerprint density at radius 2 is 1.82 bits per heavy atom. The molecule has 1 fully saturated rings. The van der Waals surface area contributed by atoms with Crippen LogP contribution in [0.4, 0.5) is 10.1 Å². The SMILES string of the molecule is Fc1cc(N2CCCCCC2)c2occc2c1. The Hall–Kier alpha value is -1.51. The predicted octanol–water partition coefficient (Wildman–Crippen LogP) is 3.95. The van der Waals surface area contributed by atoms with Gasteiger partial charge in [-0.15, -0.1) is 0 Å². The maximum absolute atomic E-state index is 13.6. The number of furan rings is 1. The van der Waals surface area contributed by atoms with E-state index in [1.807, 2.05) is 6.07 Å². The molecule has 1 saturated heterocycles. The minimum absolute atomic E-state index is 0.182. The van der Waals surface area contributed by atoms with Crippen molar-refractivity contribution in [3.63, 3.8) is 0 Å². The van der Waals surface area contributed by atoms with Gasteiger partial charge in [0, 0.05) is 24.5 Å². The lowest BCUT2D eigenvalue weighted by Crippen LogP contribution is -2.24. The van der Waals surface area contributed by atoms with Gasteiger partial charge in [0.2, 0.25) is 0 Å². The Balaban J connectivity index is 2.05. The number of hydrogen-bond donors (Lipinski definition) is 0. The molecule has 1 aromatic heterocycles. The Kier molecular flexibility index (Phi) is 2.75. The van der Waals surface area contributed by atoms with Crippen molar-refractivity contribution in [3.05, 3.63) is 30.3 Å². The number of hydrogen-bond acceptors (Lipinski definition) is 2. The molecule has 3 heteroatoms. The average molecular weight is 233 g/mol. The fourth-order valence-corrected chi connectivity index (χ4v) is 2.57. The third kappa shape index (κ3) is 2.02. The van der Waals surface area contributed by atoms with Gasteiger partial charge in [0.15, 0.2) is 5.58 Å². The summed E-state index contributed by atoms with van der Waals surface area (Å²) in [7, 11) is 0. The van der Waals surface area contributed by atoms with Crippen LogP contribution in [-0.2, 0) is 0 Å². The quantitative estimate of drug-likeness (QED) is 0.741. The van der Waals surface area contributed by atoms with E-state index in [0.717, 1.165) is 29.7 Å². The van der Waals surface area contributed by atoms with Gasteiger partial charge in [0.25, 0.3) is 0 Å². The maximum Gasteiger partial charge on any atom is 0.157 e. The first-order chi connectivity index (χ1) is 8.34. The van der Waals surface area contributed by atoms with Crippen molar-refractivity contribution >= 4 is 16.7 Å². The van der Waals surface area contributed by atoms with E-state index < -0.39 is 0 Å². The summed E-state index contributed by atoms with van der Waals surface area (Å²) in [5, 5.41) is 0.851. The molecule has 90 valence electrons. The highest BCUT2D eigenvalue weighted by Crippen LogP contribution is 2.30. The molecule has 0 bridgehead atoms. The van der Waals surface area contributed by atoms with Crippen molar-refractivity contribution in [3.8, 4) is 0 Å². The van der Waals surface area contributed by atoms with Gasteiger partial charge in [-0.3, -0.25) is 0 Å². The first-order valence-electron chi connectivity index (χ1n) is 6.26. The van der Waals surface area contributed by atoms with E-state index in [4.69, 9.17) is 4.42 Å². The summed E-state index contributed by atoms with van der Waals surface area (Å²) in [6.45, 7) is 2.00. The fourth-order valence-electron chi connectivity index (χ4n) is 2.57. The van der Waals surface area contributed by atoms with Crippen molar-refractivity contribution in [2.45, 2.75) is 25.7 Å². The maximum atomic E-state index is 13.6. The van der Waals surface area contributed by atoms with Crippen LogP contribution in [0.1, 0.15) is 25.7 Å². The summed E-state index contributed by atoms with van der Waals surface area (Å²) >= 11 is 0. The topological polar surface area (TPSA) is 16.4 Å². The second-order valence-electron chi connectivity index (χ2n) is 4.67. The summed E-state index contributed by atoms with van der Waals surface area (Å²) in [6.07, 6.45) is 6.53. The number of benzene rings is 1. The molecular weight excluding hydrogens is 217 g/mol. The van der Waals surface area contributed by atoms with Crippen LogP contribution >= 0.6 is 0 Å². The number of rotatable bonds is 1. The third-order valence-corrected chi connectivity index (χ3v) is 3.44. The van der Waals surface area contributed by atoms with E-state index >= 15 is 0 Å². The van der Waals surface area contributed by atoms with Crippen molar-refractivity contribution in [1.29, 1.82) is 0 Å². The van der Waals surface area contributed by atoms with Crippen LogP contribution in [0, 0.1) is 5.82 Å². The van der Waals surface area contributed by atoms with Crippen LogP contribution in [0.5, 0.6) is 0 Å². The Bertz CT molecular complexity index is 512. The van der Waals surface area contributed by atoms with Crippen LogP contribution < -0.4 is 4.90 Å². The highest BCUT2D eigenvalue weighted by Gasteiger charge is 2.15. The highest BCUT2D eigenvalue weighted by molar-refractivity contribution is 5.89. The normalized spacial score (nSPS) is 17.4. The number of fused-ring (bicyclic) bond motifs is 1. The van der Waals surface area contributed by atoms with Crippen LogP contribution in [0.2, 0.25) is 0 Å². The smallest absolute Gasteiger partial charge is 0.157 e. The average Bonchev–Trinajstić information content (AvgIpc) is 2.62. The largest absolute Gasteiger partial charge is 0.462 e. The van der Waals surface area contributed by atoms with Gasteiger partial charge in [-0.2, -0.15) is 0 Å². The van der Waals surface area contributed by atoms with E-state index in [1.54, 1.807) is 12.3 Å². The number of halogens is 1. The van der Waals surface area contributed by atoms with Gasteiger partial charge in [-0.25, -0.2) is 4.39 Å². The molecule has 2 nitrogen and oxygen atoms in total. The zero-order valence-corrected chi connectivity index (χ0v) is 9.79. The molecule has 17 heavy (non-hydrogen) atoms. The standard InChI is InChI=1S/C14H16FNO/c15-12-9-11-5-8-17-14(11)13(10-12)16-6-3-1-2-4-7-16/h5,8-10H,1-4,6-7H2. The molecular formula is C14H16FNO. The van der Waals surface area contributed by atoms with Crippen molar-refractivity contribution < 1.29 is 8.81 Å². The Labute approximate surface area is 100 Å². The van der Waals surface area contributed by atoms with E-state index in [9.17, 15) is 4.39 Å². The molecule has 0 amide bonds. The highest BCUT2D eigenvalue weighted by atomic mass is 19.1. The first kappa shape index (κ1) is 10.6. The molecule has 0 atom stereocenters. The molecule has 0 unspecified atom stereocenters. The van der Waals surface area contributed by atoms with Gasteiger partial charge in [-0.05, 0) is 25.0 Å². The number of anilines is 1. The lowest BCUT2D eigenvalue weighted by Gasteiger charge is -2.22. The van der Waals surface area contributed by atoms with E-state index in [-0.39, 0.29) is 5.82 Å². The van der Waals surface area contributed by atoms with Crippen molar-refractivity contribution in [2.75, 3.05) is 18.0 Å². The monoisotopic (exact) mass is 233 g/mol. The molecule has 0 spiro atoms. The van der Waals surface area contributed by atoms with Gasteiger partial charge < -0.3 is 9.32 Å². The molecule has 1 aliphatic heterocycles. The molecule has 2 heterocycles. The van der Waals surface area contributed by atoms with Crippen molar-refractivity contribution in [2.24, 2.45) is 0 Å². The van der Waals surface area contributed by atoms with Crippen LogP contribution in [-0.4, -0.2) is 13.1 Å². The summed E-state index contributed by atoms with van der Waals surface area (Å²) in [5.41, 5.74) is 1.72. The third-order valence-electron chi connectivity index (χ3n) is 3.44. The Morgan fingerprint density at radius 1 is 1.06 bits per heavy atom. The van der Waals surface area contributed by atoms with Gasteiger partial charge in [0.1, 0.15) is 5.82 Å². The minimum atomic E-state index is -0.182. The molecule has 0 aliphatic carbocycles. The Morgan fingerprint density at radius 3 is 2.59 bits per heavy atom. The zero-order chi connectivity index (χ0) is 11.7. The first-order valence-corrected chi connectivity index (χ1v) is 6.26. The van der Waals surface area contributed by atoms with Crippen LogP contribution in [0.15, 0.2) is 28.9 Å². The minimum Gasteiger partial charge on any atom is -0.462 e. The van der Waals surface area contributed by atoms with E-state index in [0.29, 0.717) is 0 Å². The summed E-state index contributed by atoms with van der Waals surface area (Å²) < 4.78 is 19.1. The van der Waals surface area contributed by atoms with Crippen LogP contribution in [0.25, 0.3) is 11.0 Å². The molecule has 0 N–H and O–H groups in total. The predicted molar refractivity (Wildman–Crippen MR) is 66.9 cm³/mol. The van der Waals surface area contributed by atoms with Crippen LogP contribution in [0.3, 0.4) is 0 Å². The molecule has 2 aromatic rings. The molecule has 1 aliphatic rings. The lowest BCUT2D eigenvalue weighted by atomic mass is 10.2. The van der Waals surface area contributed by atoms with E-state index in [2.05, 4.69) is 4.90 Å². The molecule has 3 rings (SSSR count). The summed E-state index contributed by atoms with van der Waals surface area (Å²) in [4.78, 5) is 2.25. The summed E-state index contributed by atoms with van der Waals surface area (Å²) in [6, 6.07) is 4.94. The second-order valence-corrected chi connectivity index (χ2v) is 4.67. The van der Waals surface area contributed by atoms with Gasteiger partial charge in [0.05, 0.1) is 12.0 Å². The zero-order valence-electron chi connectivity index (χ0n) is 9.79. The second kappa shape index (κ2) is 4.40. The van der Waals surface area contributed by atoms with E-state index in [1.165, 1.54) is 31.7 Å². The van der Waals surface area contributed by atoms with Crippen molar-refractivity contribution in [1.82, 2.24) is 0 Å². The molecule has 1 aromatic carbocycles. The lowest BCUT2D eigenvalue weighted by molar-refractivity contribution is 0.606. The molecule has 0 saturated carbocycles. The summed E-state index contributed by atoms with van der Waals surface area (Å²) in [5.74, 6) is -0.182.